The molecule has 0 aliphatic rings. The van der Waals surface area contributed by atoms with Crippen LogP contribution in [0.5, 0.6) is 0 Å². The predicted octanol–water partition coefficient (Wildman–Crippen LogP) is 1.97. The van der Waals surface area contributed by atoms with Crippen molar-refractivity contribution in [2.45, 2.75) is 0 Å². The number of aromatic nitrogens is 1. The summed E-state index contributed by atoms with van der Waals surface area (Å²) in [6.07, 6.45) is 0. The van der Waals surface area contributed by atoms with Crippen LogP contribution in [0.15, 0.2) is 36.4 Å². The molecule has 5 nitrogen and oxygen atoms in total. The van der Waals surface area contributed by atoms with E-state index < -0.39 is 0 Å². The summed E-state index contributed by atoms with van der Waals surface area (Å²) in [7, 11) is 0. The second-order valence-electron chi connectivity index (χ2n) is 3.36. The molecule has 6 N–H and O–H groups in total. The molecule has 0 saturated heterocycles. The third-order valence-electron chi connectivity index (χ3n) is 2.33. The van der Waals surface area contributed by atoms with Crippen molar-refractivity contribution < 1.29 is 0 Å². The Labute approximate surface area is 104 Å². The average molecular weight is 250 g/mol. The molecule has 88 valence electrons. The molecule has 0 aliphatic heterocycles. The lowest BCUT2D eigenvalue weighted by atomic mass is 10.1. The second kappa shape index (κ2) is 5.01. The minimum Gasteiger partial charge on any atom is -0.323 e. The number of nitrogens with one attached hydrogen (secondary N) is 2. The van der Waals surface area contributed by atoms with Gasteiger partial charge in [0, 0.05) is 5.56 Å². The van der Waals surface area contributed by atoms with E-state index in [1.54, 1.807) is 12.1 Å². The van der Waals surface area contributed by atoms with Gasteiger partial charge >= 0.3 is 0 Å². The Morgan fingerprint density at radius 1 is 1.00 bits per heavy atom. The van der Waals surface area contributed by atoms with Crippen molar-refractivity contribution in [3.63, 3.8) is 0 Å². The summed E-state index contributed by atoms with van der Waals surface area (Å²) in [5.74, 6) is 11.3. The summed E-state index contributed by atoms with van der Waals surface area (Å²) >= 11 is 6.12. The molecular weight excluding hydrogens is 238 g/mol. The van der Waals surface area contributed by atoms with Crippen LogP contribution in [0.4, 0.5) is 11.5 Å². The van der Waals surface area contributed by atoms with Crippen molar-refractivity contribution in [2.75, 3.05) is 10.9 Å². The molecule has 0 spiro atoms. The Bertz CT molecular complexity index is 529. The minimum absolute atomic E-state index is 0.534. The van der Waals surface area contributed by atoms with Crippen molar-refractivity contribution in [2.24, 2.45) is 11.7 Å². The molecule has 0 atom stereocenters. The monoisotopic (exact) mass is 249 g/mol. The minimum atomic E-state index is 0.534. The van der Waals surface area contributed by atoms with E-state index in [4.69, 9.17) is 23.3 Å². The van der Waals surface area contributed by atoms with E-state index >= 15 is 0 Å². The quantitative estimate of drug-likeness (QED) is 0.493. The second-order valence-corrected chi connectivity index (χ2v) is 3.77. The third-order valence-corrected chi connectivity index (χ3v) is 2.64. The van der Waals surface area contributed by atoms with E-state index in [2.05, 4.69) is 15.8 Å². The van der Waals surface area contributed by atoms with Crippen LogP contribution >= 0.6 is 11.6 Å². The van der Waals surface area contributed by atoms with Crippen LogP contribution in [0.2, 0.25) is 5.02 Å². The third kappa shape index (κ3) is 2.31. The van der Waals surface area contributed by atoms with Crippen LogP contribution in [0.1, 0.15) is 0 Å². The number of hydrogen-bond donors (Lipinski definition) is 4. The molecule has 0 unspecified atom stereocenters. The number of nitrogens with zero attached hydrogens (tertiary/aromatic N) is 1. The van der Waals surface area contributed by atoms with Gasteiger partial charge in [0.05, 0.1) is 16.4 Å². The van der Waals surface area contributed by atoms with Crippen molar-refractivity contribution in [1.82, 2.24) is 4.98 Å². The number of nitrogens with two attached hydrogens (primary N) is 2. The number of anilines is 2. The molecule has 0 bridgehead atoms. The molecular formula is C11H12ClN5. The lowest BCUT2D eigenvalue weighted by molar-refractivity contribution is 1.23. The summed E-state index contributed by atoms with van der Waals surface area (Å²) in [6, 6.07) is 10.9. The standard InChI is InChI=1S/C11H12ClN5/c12-8-5-6-10(17-14)15-11(8)7-3-1-2-4-9(7)16-13/h1-6,16H,13-14H2,(H,15,17). The van der Waals surface area contributed by atoms with Crippen molar-refractivity contribution in [3.05, 3.63) is 41.4 Å². The molecule has 1 aromatic carbocycles. The summed E-state index contributed by atoms with van der Waals surface area (Å²) in [5.41, 5.74) is 7.27. The van der Waals surface area contributed by atoms with Gasteiger partial charge < -0.3 is 10.9 Å². The van der Waals surface area contributed by atoms with Gasteiger partial charge in [0.25, 0.3) is 0 Å². The van der Waals surface area contributed by atoms with Crippen LogP contribution in [0, 0.1) is 0 Å². The molecule has 0 fully saturated rings. The number of hydrazine groups is 2. The van der Waals surface area contributed by atoms with E-state index in [0.717, 1.165) is 11.3 Å². The molecule has 1 aromatic heterocycles. The Kier molecular flexibility index (Phi) is 3.43. The largest absolute Gasteiger partial charge is 0.323 e. The van der Waals surface area contributed by atoms with Crippen molar-refractivity contribution in [3.8, 4) is 11.3 Å². The van der Waals surface area contributed by atoms with Gasteiger partial charge in [0.2, 0.25) is 0 Å². The van der Waals surface area contributed by atoms with Gasteiger partial charge in [0.1, 0.15) is 5.82 Å². The van der Waals surface area contributed by atoms with E-state index in [1.807, 2.05) is 24.3 Å². The van der Waals surface area contributed by atoms with Crippen molar-refractivity contribution >= 4 is 23.1 Å². The van der Waals surface area contributed by atoms with Gasteiger partial charge in [-0.1, -0.05) is 29.8 Å². The highest BCUT2D eigenvalue weighted by molar-refractivity contribution is 6.33. The predicted molar refractivity (Wildman–Crippen MR) is 70.3 cm³/mol. The molecule has 6 heteroatoms. The normalized spacial score (nSPS) is 10.1. The van der Waals surface area contributed by atoms with Gasteiger partial charge in [-0.2, -0.15) is 0 Å². The highest BCUT2D eigenvalue weighted by Gasteiger charge is 2.10. The number of rotatable bonds is 3. The van der Waals surface area contributed by atoms with E-state index in [9.17, 15) is 0 Å². The molecule has 0 radical (unpaired) electrons. The van der Waals surface area contributed by atoms with Crippen LogP contribution in [-0.2, 0) is 0 Å². The lowest BCUT2D eigenvalue weighted by Crippen LogP contribution is -2.10. The highest BCUT2D eigenvalue weighted by atomic mass is 35.5. The molecule has 2 aromatic rings. The van der Waals surface area contributed by atoms with Gasteiger partial charge in [-0.15, -0.1) is 0 Å². The molecule has 0 aliphatic carbocycles. The Morgan fingerprint density at radius 2 is 1.76 bits per heavy atom. The summed E-state index contributed by atoms with van der Waals surface area (Å²) in [5, 5.41) is 0.534. The van der Waals surface area contributed by atoms with Crippen LogP contribution in [-0.4, -0.2) is 4.98 Å². The summed E-state index contributed by atoms with van der Waals surface area (Å²) in [6.45, 7) is 0. The first-order valence-corrected chi connectivity index (χ1v) is 5.33. The number of benzene rings is 1. The molecule has 2 rings (SSSR count). The SMILES string of the molecule is NNc1ccc(Cl)c(-c2ccccc2NN)n1. The zero-order valence-corrected chi connectivity index (χ0v) is 9.70. The van der Waals surface area contributed by atoms with Gasteiger partial charge in [0.15, 0.2) is 0 Å². The smallest absolute Gasteiger partial charge is 0.140 e. The fourth-order valence-corrected chi connectivity index (χ4v) is 1.73. The maximum Gasteiger partial charge on any atom is 0.140 e. The highest BCUT2D eigenvalue weighted by Crippen LogP contribution is 2.32. The molecule has 0 saturated carbocycles. The summed E-state index contributed by atoms with van der Waals surface area (Å²) < 4.78 is 0. The zero-order chi connectivity index (χ0) is 12.3. The fraction of sp³-hybridized carbons (Fsp3) is 0. The number of halogens is 1. The molecule has 17 heavy (non-hydrogen) atoms. The summed E-state index contributed by atoms with van der Waals surface area (Å²) in [4.78, 5) is 4.31. The lowest BCUT2D eigenvalue weighted by Gasteiger charge is -2.10. The van der Waals surface area contributed by atoms with Gasteiger partial charge in [-0.3, -0.25) is 5.84 Å². The topological polar surface area (TPSA) is 89.0 Å². The number of pyridine rings is 1. The molecule has 0 amide bonds. The van der Waals surface area contributed by atoms with Crippen LogP contribution in [0.25, 0.3) is 11.3 Å². The molecule has 1 heterocycles. The first-order valence-electron chi connectivity index (χ1n) is 4.95. The first kappa shape index (κ1) is 11.7. The maximum absolute atomic E-state index is 6.12. The van der Waals surface area contributed by atoms with Gasteiger partial charge in [-0.05, 0) is 18.2 Å². The van der Waals surface area contributed by atoms with E-state index in [-0.39, 0.29) is 0 Å². The van der Waals surface area contributed by atoms with Crippen LogP contribution < -0.4 is 22.5 Å². The first-order chi connectivity index (χ1) is 8.26. The van der Waals surface area contributed by atoms with Gasteiger partial charge in [-0.25, -0.2) is 10.8 Å². The number of para-hydroxylation sites is 1. The Hall–Kier alpha value is -1.82. The maximum atomic E-state index is 6.12. The average Bonchev–Trinajstić information content (AvgIpc) is 2.39. The number of nitrogen functional groups attached to an aromatic ring is 2. The van der Waals surface area contributed by atoms with E-state index in [1.165, 1.54) is 0 Å². The zero-order valence-electron chi connectivity index (χ0n) is 8.94. The fourth-order valence-electron chi connectivity index (χ4n) is 1.53. The van der Waals surface area contributed by atoms with Crippen LogP contribution in [0.3, 0.4) is 0 Å². The Morgan fingerprint density at radius 3 is 2.47 bits per heavy atom. The van der Waals surface area contributed by atoms with E-state index in [0.29, 0.717) is 16.5 Å². The number of hydrogen-bond acceptors (Lipinski definition) is 5. The Balaban J connectivity index is 2.59. The van der Waals surface area contributed by atoms with Crippen molar-refractivity contribution in [1.29, 1.82) is 0 Å².